The first kappa shape index (κ1) is 21.5. The summed E-state index contributed by atoms with van der Waals surface area (Å²) in [6.45, 7) is 16.4. The van der Waals surface area contributed by atoms with Crippen LogP contribution in [0.1, 0.15) is 68.2 Å². The van der Waals surface area contributed by atoms with E-state index in [1.165, 1.54) is 0 Å². The van der Waals surface area contributed by atoms with E-state index in [9.17, 15) is 9.59 Å². The van der Waals surface area contributed by atoms with E-state index in [0.717, 1.165) is 12.8 Å². The minimum Gasteiger partial charge on any atom is -0.211 e. The zero-order chi connectivity index (χ0) is 17.7. The van der Waals surface area contributed by atoms with Gasteiger partial charge in [-0.3, -0.25) is 0 Å². The molecular formula is C16H28N2O2S2. The molecule has 0 atom stereocenters. The lowest BCUT2D eigenvalue weighted by atomic mass is 9.93. The van der Waals surface area contributed by atoms with Crippen molar-refractivity contribution in [2.24, 2.45) is 9.98 Å². The van der Waals surface area contributed by atoms with Gasteiger partial charge in [-0.05, 0) is 68.2 Å². The zero-order valence-corrected chi connectivity index (χ0v) is 16.6. The molecule has 0 heterocycles. The molecule has 0 radical (unpaired) electrons. The van der Waals surface area contributed by atoms with Crippen molar-refractivity contribution >= 4 is 33.7 Å². The molecule has 22 heavy (non-hydrogen) atoms. The van der Waals surface area contributed by atoms with Crippen molar-refractivity contribution in [1.29, 1.82) is 0 Å². The van der Waals surface area contributed by atoms with Crippen LogP contribution in [0.3, 0.4) is 0 Å². The monoisotopic (exact) mass is 344 g/mol. The first-order valence-electron chi connectivity index (χ1n) is 7.29. The van der Waals surface area contributed by atoms with Crippen molar-refractivity contribution in [2.75, 3.05) is 0 Å². The second kappa shape index (κ2) is 7.83. The van der Waals surface area contributed by atoms with Crippen molar-refractivity contribution in [3.63, 3.8) is 0 Å². The van der Waals surface area contributed by atoms with Crippen LogP contribution in [-0.2, 0) is 9.59 Å². The Balaban J connectivity index is 4.76. The van der Waals surface area contributed by atoms with E-state index in [4.69, 9.17) is 0 Å². The van der Waals surface area contributed by atoms with Crippen LogP contribution in [-0.4, -0.2) is 32.7 Å². The van der Waals surface area contributed by atoms with Crippen LogP contribution in [0.5, 0.6) is 0 Å². The Bertz CT molecular complexity index is 429. The molecule has 0 unspecified atom stereocenters. The van der Waals surface area contributed by atoms with Gasteiger partial charge in [-0.25, -0.2) is 9.59 Å². The van der Waals surface area contributed by atoms with Crippen LogP contribution in [0.4, 0.5) is 0 Å². The Morgan fingerprint density at radius 3 is 1.18 bits per heavy atom. The summed E-state index contributed by atoms with van der Waals surface area (Å²) in [4.78, 5) is 28.8. The fourth-order valence-corrected chi connectivity index (χ4v) is 5.68. The lowest BCUT2D eigenvalue weighted by Crippen LogP contribution is -2.31. The van der Waals surface area contributed by atoms with Gasteiger partial charge in [0.2, 0.25) is 12.2 Å². The topological polar surface area (TPSA) is 58.9 Å². The smallest absolute Gasteiger partial charge is 0.211 e. The molecule has 0 aromatic heterocycles. The first-order chi connectivity index (χ1) is 9.74. The van der Waals surface area contributed by atoms with Crippen LogP contribution in [0.2, 0.25) is 0 Å². The van der Waals surface area contributed by atoms with Gasteiger partial charge in [0.25, 0.3) is 0 Å². The van der Waals surface area contributed by atoms with Crippen molar-refractivity contribution in [3.8, 4) is 0 Å². The molecule has 4 nitrogen and oxygen atoms in total. The van der Waals surface area contributed by atoms with Gasteiger partial charge in [-0.1, -0.05) is 21.6 Å². The summed E-state index contributed by atoms with van der Waals surface area (Å²) >= 11 is 0. The molecule has 0 amide bonds. The highest BCUT2D eigenvalue weighted by atomic mass is 33.1. The predicted octanol–water partition coefficient (Wildman–Crippen LogP) is 4.93. The van der Waals surface area contributed by atoms with Crippen molar-refractivity contribution < 1.29 is 9.59 Å². The van der Waals surface area contributed by atoms with Crippen LogP contribution < -0.4 is 0 Å². The van der Waals surface area contributed by atoms with E-state index in [-0.39, 0.29) is 9.49 Å². The summed E-state index contributed by atoms with van der Waals surface area (Å²) in [5.41, 5.74) is -0.825. The highest BCUT2D eigenvalue weighted by molar-refractivity contribution is 8.77. The average Bonchev–Trinajstić information content (AvgIpc) is 2.23. The Hall–Kier alpha value is -0.540. The van der Waals surface area contributed by atoms with Gasteiger partial charge in [-0.15, -0.1) is 0 Å². The number of hydrogen-bond acceptors (Lipinski definition) is 6. The second-order valence-corrected chi connectivity index (χ2v) is 11.6. The Kier molecular flexibility index (Phi) is 7.64. The second-order valence-electron chi connectivity index (χ2n) is 8.07. The zero-order valence-electron chi connectivity index (χ0n) is 14.9. The van der Waals surface area contributed by atoms with Gasteiger partial charge < -0.3 is 0 Å². The molecule has 0 rings (SSSR count). The molecular weight excluding hydrogens is 316 g/mol. The molecule has 0 aromatic rings. The molecule has 0 aliphatic heterocycles. The summed E-state index contributed by atoms with van der Waals surface area (Å²) in [6.07, 6.45) is 4.87. The summed E-state index contributed by atoms with van der Waals surface area (Å²) in [5, 5.41) is 0. The summed E-state index contributed by atoms with van der Waals surface area (Å²) < 4.78 is -0.0757. The third-order valence-electron chi connectivity index (χ3n) is 2.91. The third kappa shape index (κ3) is 9.47. The van der Waals surface area contributed by atoms with Gasteiger partial charge in [0.1, 0.15) is 0 Å². The minimum absolute atomic E-state index is 0.0378. The summed E-state index contributed by atoms with van der Waals surface area (Å²) in [5.74, 6) is 0. The Morgan fingerprint density at radius 2 is 0.955 bits per heavy atom. The standard InChI is InChI=1S/C16H28N2O2S2/c1-13(2,17-11-19)9-15(5,6)21-22-16(7,8)10-14(3,4)18-12-20/h9-10H2,1-8H3. The molecule has 0 N–H and O–H groups in total. The molecule has 0 saturated carbocycles. The first-order valence-corrected chi connectivity index (χ1v) is 9.44. The number of nitrogens with zero attached hydrogens (tertiary/aromatic N) is 2. The number of carbonyl (C=O) groups excluding carboxylic acids is 2. The van der Waals surface area contributed by atoms with Gasteiger partial charge in [0.05, 0.1) is 11.1 Å². The predicted molar refractivity (Wildman–Crippen MR) is 97.0 cm³/mol. The molecule has 0 bridgehead atoms. The van der Waals surface area contributed by atoms with E-state index in [1.54, 1.807) is 33.7 Å². The lowest BCUT2D eigenvalue weighted by Gasteiger charge is -2.35. The summed E-state index contributed by atoms with van der Waals surface area (Å²) in [7, 11) is 3.57. The van der Waals surface area contributed by atoms with E-state index >= 15 is 0 Å². The number of hydrogen-bond donors (Lipinski definition) is 0. The quantitative estimate of drug-likeness (QED) is 0.338. The van der Waals surface area contributed by atoms with Crippen LogP contribution in [0.25, 0.3) is 0 Å². The molecule has 0 aromatic carbocycles. The van der Waals surface area contributed by atoms with E-state index in [2.05, 4.69) is 37.7 Å². The number of rotatable bonds is 9. The third-order valence-corrected chi connectivity index (χ3v) is 7.14. The van der Waals surface area contributed by atoms with Gasteiger partial charge in [-0.2, -0.15) is 9.98 Å². The maximum Gasteiger partial charge on any atom is 0.235 e. The number of isocyanates is 2. The summed E-state index contributed by atoms with van der Waals surface area (Å²) in [6, 6.07) is 0. The Labute approximate surface area is 142 Å². The molecule has 126 valence electrons. The van der Waals surface area contributed by atoms with Gasteiger partial charge in [0.15, 0.2) is 0 Å². The normalized spacial score (nSPS) is 13.3. The van der Waals surface area contributed by atoms with Crippen molar-refractivity contribution in [3.05, 3.63) is 0 Å². The molecule has 0 saturated heterocycles. The maximum atomic E-state index is 10.5. The molecule has 6 heteroatoms. The SMILES string of the molecule is CC(C)(CC(C)(C)SSC(C)(C)CC(C)(C)N=C=O)N=C=O. The average molecular weight is 345 g/mol. The molecule has 0 spiro atoms. The number of aliphatic imine (C=N–C) groups is 2. The molecule has 0 aliphatic rings. The van der Waals surface area contributed by atoms with Gasteiger partial charge >= 0.3 is 0 Å². The van der Waals surface area contributed by atoms with Crippen molar-refractivity contribution in [1.82, 2.24) is 0 Å². The highest BCUT2D eigenvalue weighted by Gasteiger charge is 2.34. The van der Waals surface area contributed by atoms with Crippen LogP contribution >= 0.6 is 21.6 Å². The van der Waals surface area contributed by atoms with E-state index in [1.807, 2.05) is 27.7 Å². The molecule has 0 aliphatic carbocycles. The minimum atomic E-state index is -0.413. The fourth-order valence-electron chi connectivity index (χ4n) is 2.69. The fraction of sp³-hybridized carbons (Fsp3) is 0.875. The van der Waals surface area contributed by atoms with Crippen LogP contribution in [0.15, 0.2) is 9.98 Å². The highest BCUT2D eigenvalue weighted by Crippen LogP contribution is 2.49. The Morgan fingerprint density at radius 1 is 0.682 bits per heavy atom. The molecule has 0 fully saturated rings. The largest absolute Gasteiger partial charge is 0.235 e. The van der Waals surface area contributed by atoms with Crippen molar-refractivity contribution in [2.45, 2.75) is 88.8 Å². The maximum absolute atomic E-state index is 10.5. The lowest BCUT2D eigenvalue weighted by molar-refractivity contribution is 0.420. The van der Waals surface area contributed by atoms with Gasteiger partial charge in [0, 0.05) is 9.49 Å². The van der Waals surface area contributed by atoms with E-state index in [0.29, 0.717) is 0 Å². The van der Waals surface area contributed by atoms with E-state index < -0.39 is 11.1 Å². The van der Waals surface area contributed by atoms with Crippen LogP contribution in [0, 0.1) is 0 Å².